The molecule has 0 fully saturated rings. The Balaban J connectivity index is 1.66. The molecule has 3 rings (SSSR count). The monoisotopic (exact) mass is 394 g/mol. The third-order valence-corrected chi connectivity index (χ3v) is 4.67. The smallest absolute Gasteiger partial charge is 0.274 e. The van der Waals surface area contributed by atoms with Gasteiger partial charge in [0.2, 0.25) is 5.95 Å². The molecule has 5 nitrogen and oxygen atoms in total. The number of benzene rings is 2. The van der Waals surface area contributed by atoms with Crippen molar-refractivity contribution in [3.63, 3.8) is 0 Å². The van der Waals surface area contributed by atoms with Gasteiger partial charge >= 0.3 is 0 Å². The minimum atomic E-state index is -0.258. The zero-order chi connectivity index (χ0) is 20.1. The Morgan fingerprint density at radius 2 is 1.82 bits per heavy atom. The average Bonchev–Trinajstić information content (AvgIpc) is 2.64. The maximum absolute atomic E-state index is 12.6. The van der Waals surface area contributed by atoms with Gasteiger partial charge in [0.05, 0.1) is 0 Å². The molecule has 3 aromatic rings. The molecule has 0 unspecified atom stereocenters. The molecule has 0 spiro atoms. The lowest BCUT2D eigenvalue weighted by molar-refractivity contribution is 0.102. The van der Waals surface area contributed by atoms with Crippen LogP contribution in [0.4, 0.5) is 11.6 Å². The van der Waals surface area contributed by atoms with Gasteiger partial charge in [0.15, 0.2) is 0 Å². The molecule has 0 aliphatic heterocycles. The molecule has 2 N–H and O–H groups in total. The van der Waals surface area contributed by atoms with Gasteiger partial charge in [-0.15, -0.1) is 0 Å². The maximum atomic E-state index is 12.6. The third kappa shape index (κ3) is 5.30. The summed E-state index contributed by atoms with van der Waals surface area (Å²) < 4.78 is 0. The standard InChI is InChI=1S/C22H23ClN4O/c1-14-7-8-19(11-15(14)2)26-21(28)20-12-16(3)25-22(27-20)24-10-9-17-5-4-6-18(23)13-17/h4-8,11-13H,9-10H2,1-3H3,(H,26,28)(H,24,25,27). The highest BCUT2D eigenvalue weighted by Crippen LogP contribution is 2.16. The molecule has 1 heterocycles. The van der Waals surface area contributed by atoms with Crippen LogP contribution in [0.25, 0.3) is 0 Å². The van der Waals surface area contributed by atoms with E-state index in [2.05, 4.69) is 20.6 Å². The zero-order valence-corrected chi connectivity index (χ0v) is 17.0. The number of hydrogen-bond acceptors (Lipinski definition) is 4. The first-order chi connectivity index (χ1) is 13.4. The highest BCUT2D eigenvalue weighted by molar-refractivity contribution is 6.30. The molecule has 1 amide bonds. The van der Waals surface area contributed by atoms with Gasteiger partial charge in [-0.3, -0.25) is 4.79 Å². The van der Waals surface area contributed by atoms with Crippen molar-refractivity contribution in [1.82, 2.24) is 9.97 Å². The van der Waals surface area contributed by atoms with Gasteiger partial charge in [-0.2, -0.15) is 0 Å². The Morgan fingerprint density at radius 3 is 2.57 bits per heavy atom. The number of hydrogen-bond donors (Lipinski definition) is 2. The fourth-order valence-electron chi connectivity index (χ4n) is 2.79. The Labute approximate surface area is 170 Å². The zero-order valence-electron chi connectivity index (χ0n) is 16.2. The van der Waals surface area contributed by atoms with Gasteiger partial charge in [-0.25, -0.2) is 9.97 Å². The molecule has 0 aliphatic rings. The predicted octanol–water partition coefficient (Wildman–Crippen LogP) is 4.96. The number of aromatic nitrogens is 2. The van der Waals surface area contributed by atoms with Crippen LogP contribution in [-0.4, -0.2) is 22.4 Å². The molecule has 6 heteroatoms. The molecular formula is C22H23ClN4O. The SMILES string of the molecule is Cc1cc(C(=O)Nc2ccc(C)c(C)c2)nc(NCCc2cccc(Cl)c2)n1. The van der Waals surface area contributed by atoms with Crippen LogP contribution in [0.15, 0.2) is 48.5 Å². The van der Waals surface area contributed by atoms with Crippen molar-refractivity contribution in [2.24, 2.45) is 0 Å². The van der Waals surface area contributed by atoms with E-state index in [1.54, 1.807) is 6.07 Å². The molecular weight excluding hydrogens is 372 g/mol. The minimum Gasteiger partial charge on any atom is -0.354 e. The fourth-order valence-corrected chi connectivity index (χ4v) is 3.00. The van der Waals surface area contributed by atoms with E-state index in [0.29, 0.717) is 18.2 Å². The summed E-state index contributed by atoms with van der Waals surface area (Å²) in [6, 6.07) is 15.2. The summed E-state index contributed by atoms with van der Waals surface area (Å²) in [7, 11) is 0. The van der Waals surface area contributed by atoms with Gasteiger partial charge in [0, 0.05) is 22.9 Å². The molecule has 2 aromatic carbocycles. The molecule has 144 valence electrons. The van der Waals surface area contributed by atoms with E-state index in [0.717, 1.165) is 34.0 Å². The van der Waals surface area contributed by atoms with Gasteiger partial charge in [0.25, 0.3) is 5.91 Å². The number of amides is 1. The first kappa shape index (κ1) is 19.8. The molecule has 0 saturated heterocycles. The fraction of sp³-hybridized carbons (Fsp3) is 0.227. The number of nitrogens with one attached hydrogen (secondary N) is 2. The Morgan fingerprint density at radius 1 is 1.00 bits per heavy atom. The van der Waals surface area contributed by atoms with Crippen molar-refractivity contribution >= 4 is 29.1 Å². The largest absolute Gasteiger partial charge is 0.354 e. The second-order valence-corrected chi connectivity index (χ2v) is 7.21. The first-order valence-corrected chi connectivity index (χ1v) is 9.51. The van der Waals surface area contributed by atoms with E-state index in [-0.39, 0.29) is 5.91 Å². The lowest BCUT2D eigenvalue weighted by atomic mass is 10.1. The van der Waals surface area contributed by atoms with Crippen molar-refractivity contribution in [3.05, 3.63) is 81.6 Å². The normalized spacial score (nSPS) is 10.6. The molecule has 0 bridgehead atoms. The van der Waals surface area contributed by atoms with Gasteiger partial charge in [-0.05, 0) is 74.2 Å². The number of carbonyl (C=O) groups excluding carboxylic acids is 1. The quantitative estimate of drug-likeness (QED) is 0.619. The number of halogens is 1. The highest BCUT2D eigenvalue weighted by Gasteiger charge is 2.11. The summed E-state index contributed by atoms with van der Waals surface area (Å²) in [5.41, 5.74) is 5.24. The van der Waals surface area contributed by atoms with Crippen LogP contribution in [0, 0.1) is 20.8 Å². The van der Waals surface area contributed by atoms with E-state index >= 15 is 0 Å². The lowest BCUT2D eigenvalue weighted by Crippen LogP contribution is -2.17. The molecule has 1 aromatic heterocycles. The Hall–Kier alpha value is -2.92. The molecule has 0 saturated carbocycles. The topological polar surface area (TPSA) is 66.9 Å². The lowest BCUT2D eigenvalue weighted by Gasteiger charge is -2.10. The number of carbonyl (C=O) groups is 1. The maximum Gasteiger partial charge on any atom is 0.274 e. The van der Waals surface area contributed by atoms with E-state index in [9.17, 15) is 4.79 Å². The van der Waals surface area contributed by atoms with Gasteiger partial charge in [0.1, 0.15) is 5.69 Å². The van der Waals surface area contributed by atoms with E-state index in [4.69, 9.17) is 11.6 Å². The number of aryl methyl sites for hydroxylation is 3. The molecule has 0 aliphatic carbocycles. The minimum absolute atomic E-state index is 0.258. The summed E-state index contributed by atoms with van der Waals surface area (Å²) >= 11 is 6.01. The molecule has 0 radical (unpaired) electrons. The van der Waals surface area contributed by atoms with Crippen LogP contribution in [0.2, 0.25) is 5.02 Å². The number of rotatable bonds is 6. The van der Waals surface area contributed by atoms with E-state index in [1.165, 1.54) is 5.56 Å². The first-order valence-electron chi connectivity index (χ1n) is 9.13. The molecule has 28 heavy (non-hydrogen) atoms. The Kier molecular flexibility index (Phi) is 6.26. The van der Waals surface area contributed by atoms with Crippen LogP contribution < -0.4 is 10.6 Å². The highest BCUT2D eigenvalue weighted by atomic mass is 35.5. The van der Waals surface area contributed by atoms with Crippen LogP contribution in [0.3, 0.4) is 0 Å². The third-order valence-electron chi connectivity index (χ3n) is 4.44. The number of anilines is 2. The summed E-state index contributed by atoms with van der Waals surface area (Å²) in [6.07, 6.45) is 0.780. The van der Waals surface area contributed by atoms with E-state index in [1.807, 2.05) is 63.2 Å². The second-order valence-electron chi connectivity index (χ2n) is 6.78. The summed E-state index contributed by atoms with van der Waals surface area (Å²) in [6.45, 7) is 6.54. The van der Waals surface area contributed by atoms with Crippen molar-refractivity contribution in [2.45, 2.75) is 27.2 Å². The Bertz CT molecular complexity index is 1000. The summed E-state index contributed by atoms with van der Waals surface area (Å²) in [4.78, 5) is 21.3. The van der Waals surface area contributed by atoms with E-state index < -0.39 is 0 Å². The number of nitrogens with zero attached hydrogens (tertiary/aromatic N) is 2. The summed E-state index contributed by atoms with van der Waals surface area (Å²) in [5.74, 6) is 0.180. The predicted molar refractivity (Wildman–Crippen MR) is 114 cm³/mol. The van der Waals surface area contributed by atoms with Crippen LogP contribution >= 0.6 is 11.6 Å². The van der Waals surface area contributed by atoms with Crippen LogP contribution in [-0.2, 0) is 6.42 Å². The van der Waals surface area contributed by atoms with Crippen LogP contribution in [0.1, 0.15) is 32.9 Å². The van der Waals surface area contributed by atoms with Gasteiger partial charge in [-0.1, -0.05) is 29.8 Å². The van der Waals surface area contributed by atoms with Crippen molar-refractivity contribution in [3.8, 4) is 0 Å². The van der Waals surface area contributed by atoms with Crippen molar-refractivity contribution < 1.29 is 4.79 Å². The summed E-state index contributed by atoms with van der Waals surface area (Å²) in [5, 5.41) is 6.80. The average molecular weight is 395 g/mol. The van der Waals surface area contributed by atoms with Crippen LogP contribution in [0.5, 0.6) is 0 Å². The van der Waals surface area contributed by atoms with Crippen molar-refractivity contribution in [2.75, 3.05) is 17.2 Å². The second kappa shape index (κ2) is 8.85. The molecule has 0 atom stereocenters. The van der Waals surface area contributed by atoms with Gasteiger partial charge < -0.3 is 10.6 Å². The van der Waals surface area contributed by atoms with Crippen molar-refractivity contribution in [1.29, 1.82) is 0 Å².